The van der Waals surface area contributed by atoms with Crippen LogP contribution in [0.2, 0.25) is 18.1 Å². The lowest BCUT2D eigenvalue weighted by Crippen LogP contribution is -2.47. The van der Waals surface area contributed by atoms with E-state index in [-0.39, 0.29) is 18.8 Å². The van der Waals surface area contributed by atoms with E-state index in [1.54, 1.807) is 0 Å². The minimum atomic E-state index is -1.79. The summed E-state index contributed by atoms with van der Waals surface area (Å²) in [7, 11) is 0.987. The highest BCUT2D eigenvalue weighted by Gasteiger charge is 2.41. The molecule has 0 fully saturated rings. The number of hydrogen-bond donors (Lipinski definition) is 0. The Labute approximate surface area is 163 Å². The Kier molecular flexibility index (Phi) is 11.3. The van der Waals surface area contributed by atoms with E-state index < -0.39 is 8.32 Å². The molecule has 0 aromatic carbocycles. The van der Waals surface area contributed by atoms with Gasteiger partial charge in [-0.2, -0.15) is 0 Å². The van der Waals surface area contributed by atoms with Crippen molar-refractivity contribution in [1.82, 2.24) is 0 Å². The van der Waals surface area contributed by atoms with Crippen molar-refractivity contribution in [3.05, 3.63) is 9.66 Å². The second kappa shape index (κ2) is 10.6. The molecule has 2 unspecified atom stereocenters. The Morgan fingerprint density at radius 1 is 1.30 bits per heavy atom. The third kappa shape index (κ3) is 9.66. The predicted octanol–water partition coefficient (Wildman–Crippen LogP) is 6.86. The minimum Gasteiger partial charge on any atom is -0.413 e. The standard InChI is InChI=1S/C17H37IO2P2Si/c1-13(10-15(3)18)16(14(2)11-19-12-22(7)21)20-23(8,9)17(4,5)6/h10,13-14,16H,11-12,21H2,1-9H3/b15-10-/t13-,14-,16+,22?/m0/s1. The smallest absolute Gasteiger partial charge is 0.192 e. The van der Waals surface area contributed by atoms with Gasteiger partial charge in [0.15, 0.2) is 8.32 Å². The van der Waals surface area contributed by atoms with Crippen molar-refractivity contribution in [2.45, 2.75) is 65.8 Å². The van der Waals surface area contributed by atoms with E-state index in [0.717, 1.165) is 13.0 Å². The molecule has 5 atom stereocenters. The number of halogens is 1. The first-order valence-electron chi connectivity index (χ1n) is 8.33. The van der Waals surface area contributed by atoms with Crippen LogP contribution in [0.25, 0.3) is 0 Å². The van der Waals surface area contributed by atoms with Crippen LogP contribution in [0.1, 0.15) is 41.5 Å². The zero-order valence-corrected chi connectivity index (χ0v) is 21.6. The largest absolute Gasteiger partial charge is 0.413 e. The molecule has 23 heavy (non-hydrogen) atoms. The normalized spacial score (nSPS) is 19.3. The highest BCUT2D eigenvalue weighted by molar-refractivity contribution is 14.1. The number of allylic oxidation sites excluding steroid dienone is 1. The molecule has 0 rings (SSSR count). The van der Waals surface area contributed by atoms with Crippen LogP contribution in [0.4, 0.5) is 0 Å². The molecule has 0 aromatic heterocycles. The summed E-state index contributed by atoms with van der Waals surface area (Å²) in [6, 6.07) is 0. The van der Waals surface area contributed by atoms with Crippen molar-refractivity contribution in [2.75, 3.05) is 19.6 Å². The third-order valence-corrected chi connectivity index (χ3v) is 10.4. The highest BCUT2D eigenvalue weighted by Crippen LogP contribution is 2.41. The van der Waals surface area contributed by atoms with Crippen LogP contribution in [0, 0.1) is 11.8 Å². The van der Waals surface area contributed by atoms with Gasteiger partial charge in [-0.1, -0.05) is 48.3 Å². The van der Waals surface area contributed by atoms with Gasteiger partial charge in [0.1, 0.15) is 0 Å². The van der Waals surface area contributed by atoms with Crippen molar-refractivity contribution < 1.29 is 9.16 Å². The van der Waals surface area contributed by atoms with E-state index in [1.165, 1.54) is 3.58 Å². The maximum Gasteiger partial charge on any atom is 0.192 e. The molecule has 0 radical (unpaired) electrons. The van der Waals surface area contributed by atoms with E-state index in [2.05, 4.69) is 98.9 Å². The van der Waals surface area contributed by atoms with Gasteiger partial charge in [-0.15, -0.1) is 8.93 Å². The molecule has 0 aliphatic heterocycles. The van der Waals surface area contributed by atoms with Crippen LogP contribution in [-0.2, 0) is 9.16 Å². The second-order valence-corrected chi connectivity index (χ2v) is 19.1. The molecular formula is C17H37IO2P2Si. The Morgan fingerprint density at radius 2 is 1.83 bits per heavy atom. The molecule has 0 saturated carbocycles. The molecule has 0 heterocycles. The molecule has 0 spiro atoms. The molecule has 0 aromatic rings. The summed E-state index contributed by atoms with van der Waals surface area (Å²) in [6.07, 6.45) is 3.40. The lowest BCUT2D eigenvalue weighted by Gasteiger charge is -2.42. The fourth-order valence-electron chi connectivity index (χ4n) is 2.19. The summed E-state index contributed by atoms with van der Waals surface area (Å²) >= 11 is 2.39. The van der Waals surface area contributed by atoms with Crippen molar-refractivity contribution in [3.63, 3.8) is 0 Å². The average molecular weight is 490 g/mol. The molecule has 2 nitrogen and oxygen atoms in total. The summed E-state index contributed by atoms with van der Waals surface area (Å²) in [5.41, 5.74) is 0. The van der Waals surface area contributed by atoms with Crippen molar-refractivity contribution in [2.24, 2.45) is 11.8 Å². The van der Waals surface area contributed by atoms with Gasteiger partial charge in [0.25, 0.3) is 0 Å². The molecule has 0 aliphatic rings. The Balaban J connectivity index is 5.13. The zero-order valence-electron chi connectivity index (χ0n) is 16.4. The Hall–Kier alpha value is 1.47. The maximum absolute atomic E-state index is 6.80. The molecule has 0 saturated heterocycles. The first-order chi connectivity index (χ1) is 10.3. The van der Waals surface area contributed by atoms with Crippen molar-refractivity contribution in [1.29, 1.82) is 0 Å². The Morgan fingerprint density at radius 3 is 2.22 bits per heavy atom. The van der Waals surface area contributed by atoms with Crippen LogP contribution in [0.3, 0.4) is 0 Å². The first kappa shape index (κ1) is 24.5. The monoisotopic (exact) mass is 490 g/mol. The topological polar surface area (TPSA) is 18.5 Å². The SMILES string of the molecule is C/C(I)=C/[C@H](C)[C@@H](O[Si](C)(C)C(C)(C)C)[C@@H](C)COCP(C)P. The molecule has 0 N–H and O–H groups in total. The van der Waals surface area contributed by atoms with Gasteiger partial charge in [-0.05, 0) is 57.9 Å². The average Bonchev–Trinajstić information content (AvgIpc) is 2.32. The van der Waals surface area contributed by atoms with Gasteiger partial charge in [0.2, 0.25) is 0 Å². The van der Waals surface area contributed by atoms with E-state index >= 15 is 0 Å². The third-order valence-electron chi connectivity index (χ3n) is 4.48. The van der Waals surface area contributed by atoms with E-state index in [9.17, 15) is 0 Å². The summed E-state index contributed by atoms with van der Waals surface area (Å²) in [5.74, 6) is 0.796. The first-order valence-corrected chi connectivity index (χ1v) is 15.9. The van der Waals surface area contributed by atoms with E-state index in [1.807, 2.05) is 0 Å². The molecule has 0 bridgehead atoms. The lowest BCUT2D eigenvalue weighted by atomic mass is 9.94. The van der Waals surface area contributed by atoms with Crippen LogP contribution >= 0.6 is 39.1 Å². The molecule has 6 heteroatoms. The quantitative estimate of drug-likeness (QED) is 0.200. The molecule has 0 amide bonds. The van der Waals surface area contributed by atoms with Gasteiger partial charge in [0, 0.05) is 11.8 Å². The van der Waals surface area contributed by atoms with Gasteiger partial charge in [-0.25, -0.2) is 0 Å². The van der Waals surface area contributed by atoms with Gasteiger partial charge in [0.05, 0.1) is 19.1 Å². The van der Waals surface area contributed by atoms with Gasteiger partial charge in [-0.3, -0.25) is 0 Å². The summed E-state index contributed by atoms with van der Waals surface area (Å²) < 4.78 is 14.0. The number of ether oxygens (including phenoxy) is 1. The van der Waals surface area contributed by atoms with E-state index in [0.29, 0.717) is 11.8 Å². The maximum atomic E-state index is 6.80. The van der Waals surface area contributed by atoms with Crippen LogP contribution in [0.15, 0.2) is 9.66 Å². The van der Waals surface area contributed by atoms with Crippen molar-refractivity contribution in [3.8, 4) is 0 Å². The lowest BCUT2D eigenvalue weighted by molar-refractivity contribution is 0.0390. The molecular weight excluding hydrogens is 453 g/mol. The van der Waals surface area contributed by atoms with Crippen LogP contribution in [-0.4, -0.2) is 34.0 Å². The van der Waals surface area contributed by atoms with Gasteiger partial charge < -0.3 is 9.16 Å². The summed E-state index contributed by atoms with van der Waals surface area (Å²) in [5, 5.41) is 0.229. The highest BCUT2D eigenvalue weighted by atomic mass is 127. The van der Waals surface area contributed by atoms with Crippen LogP contribution < -0.4 is 0 Å². The second-order valence-electron chi connectivity index (χ2n) is 8.19. The molecule has 0 aliphatic carbocycles. The fraction of sp³-hybridized carbons (Fsp3) is 0.882. The fourth-order valence-corrected chi connectivity index (χ4v) is 4.95. The number of hydrogen-bond acceptors (Lipinski definition) is 2. The predicted molar refractivity (Wildman–Crippen MR) is 122 cm³/mol. The van der Waals surface area contributed by atoms with Gasteiger partial charge >= 0.3 is 0 Å². The zero-order chi connectivity index (χ0) is 18.4. The van der Waals surface area contributed by atoms with Crippen molar-refractivity contribution >= 4 is 47.4 Å². The summed E-state index contributed by atoms with van der Waals surface area (Å²) in [6.45, 7) is 21.3. The Bertz CT molecular complexity index is 377. The van der Waals surface area contributed by atoms with E-state index in [4.69, 9.17) is 9.16 Å². The molecule has 138 valence electrons. The van der Waals surface area contributed by atoms with Crippen LogP contribution in [0.5, 0.6) is 0 Å². The minimum absolute atomic E-state index is 0.0758. The number of rotatable bonds is 9. The summed E-state index contributed by atoms with van der Waals surface area (Å²) in [4.78, 5) is 0.